The third kappa shape index (κ3) is 4.36. The van der Waals surface area contributed by atoms with Crippen LogP contribution in [0.2, 0.25) is 0 Å². The molecule has 0 aliphatic carbocycles. The van der Waals surface area contributed by atoms with Crippen molar-refractivity contribution < 1.29 is 18.3 Å². The first-order chi connectivity index (χ1) is 9.91. The van der Waals surface area contributed by atoms with Crippen molar-refractivity contribution >= 4 is 0 Å². The van der Waals surface area contributed by atoms with Gasteiger partial charge in [-0.2, -0.15) is 8.78 Å². The molecule has 1 saturated heterocycles. The van der Waals surface area contributed by atoms with Crippen molar-refractivity contribution in [2.75, 3.05) is 26.2 Å². The molecule has 2 N–H and O–H groups in total. The van der Waals surface area contributed by atoms with Crippen molar-refractivity contribution in [3.05, 3.63) is 29.8 Å². The number of rotatable bonds is 5. The van der Waals surface area contributed by atoms with Gasteiger partial charge in [-0.15, -0.1) is 0 Å². The molecule has 1 atom stereocenters. The summed E-state index contributed by atoms with van der Waals surface area (Å²) in [7, 11) is 0. The highest BCUT2D eigenvalue weighted by Crippen LogP contribution is 2.27. The van der Waals surface area contributed by atoms with E-state index in [1.807, 2.05) is 13.8 Å². The number of halogens is 2. The monoisotopic (exact) mass is 300 g/mol. The van der Waals surface area contributed by atoms with Gasteiger partial charge in [0.2, 0.25) is 0 Å². The van der Waals surface area contributed by atoms with Crippen molar-refractivity contribution in [3.8, 4) is 5.75 Å². The average molecular weight is 300 g/mol. The van der Waals surface area contributed by atoms with E-state index in [2.05, 4.69) is 9.64 Å². The lowest BCUT2D eigenvalue weighted by Gasteiger charge is -2.42. The number of hydrogen-bond acceptors (Lipinski definition) is 4. The highest BCUT2D eigenvalue weighted by molar-refractivity contribution is 5.29. The summed E-state index contributed by atoms with van der Waals surface area (Å²) in [5.74, 6) is 0.159. The van der Waals surface area contributed by atoms with E-state index in [4.69, 9.17) is 10.5 Å². The first kappa shape index (κ1) is 16.1. The smallest absolute Gasteiger partial charge is 0.387 e. The first-order valence-electron chi connectivity index (χ1n) is 7.04. The summed E-state index contributed by atoms with van der Waals surface area (Å²) in [5, 5.41) is 0. The molecule has 0 saturated carbocycles. The van der Waals surface area contributed by atoms with E-state index >= 15 is 0 Å². The number of hydrogen-bond donors (Lipinski definition) is 1. The largest absolute Gasteiger partial charge is 0.435 e. The zero-order chi connectivity index (χ0) is 15.5. The highest BCUT2D eigenvalue weighted by atomic mass is 19.3. The Morgan fingerprint density at radius 3 is 2.52 bits per heavy atom. The van der Waals surface area contributed by atoms with Crippen LogP contribution in [0.3, 0.4) is 0 Å². The molecular weight excluding hydrogens is 278 g/mol. The van der Waals surface area contributed by atoms with Gasteiger partial charge in [0, 0.05) is 25.7 Å². The summed E-state index contributed by atoms with van der Waals surface area (Å²) < 4.78 is 34.4. The van der Waals surface area contributed by atoms with E-state index in [0.29, 0.717) is 13.2 Å². The lowest BCUT2D eigenvalue weighted by atomic mass is 10.0. The molecule has 0 radical (unpaired) electrons. The van der Waals surface area contributed by atoms with Gasteiger partial charge in [0.05, 0.1) is 12.2 Å². The zero-order valence-electron chi connectivity index (χ0n) is 12.4. The van der Waals surface area contributed by atoms with Crippen LogP contribution in [0, 0.1) is 0 Å². The van der Waals surface area contributed by atoms with Gasteiger partial charge in [0.25, 0.3) is 0 Å². The molecule has 118 valence electrons. The van der Waals surface area contributed by atoms with Gasteiger partial charge >= 0.3 is 6.61 Å². The molecule has 1 heterocycles. The number of morpholine rings is 1. The van der Waals surface area contributed by atoms with Crippen molar-refractivity contribution in [1.29, 1.82) is 0 Å². The first-order valence-corrected chi connectivity index (χ1v) is 7.04. The van der Waals surface area contributed by atoms with Crippen LogP contribution < -0.4 is 10.5 Å². The SMILES string of the molecule is CC1(C)CN(C(CN)c2ccc(OC(F)F)cc2)CCO1. The zero-order valence-corrected chi connectivity index (χ0v) is 12.4. The molecule has 1 aliphatic rings. The normalized spacial score (nSPS) is 20.5. The molecule has 0 aromatic heterocycles. The van der Waals surface area contributed by atoms with Gasteiger partial charge in [-0.3, -0.25) is 4.90 Å². The average Bonchev–Trinajstić information content (AvgIpc) is 2.40. The van der Waals surface area contributed by atoms with Gasteiger partial charge in [-0.1, -0.05) is 12.1 Å². The molecule has 0 spiro atoms. The quantitative estimate of drug-likeness (QED) is 0.907. The number of ether oxygens (including phenoxy) is 2. The maximum Gasteiger partial charge on any atom is 0.387 e. The summed E-state index contributed by atoms with van der Waals surface area (Å²) in [6.07, 6.45) is 0. The van der Waals surface area contributed by atoms with E-state index < -0.39 is 6.61 Å². The van der Waals surface area contributed by atoms with E-state index in [9.17, 15) is 8.78 Å². The van der Waals surface area contributed by atoms with E-state index in [1.54, 1.807) is 24.3 Å². The number of nitrogens with two attached hydrogens (primary N) is 1. The predicted molar refractivity (Wildman–Crippen MR) is 76.5 cm³/mol. The Bertz CT molecular complexity index is 451. The van der Waals surface area contributed by atoms with Gasteiger partial charge in [0.1, 0.15) is 5.75 Å². The van der Waals surface area contributed by atoms with Crippen LogP contribution in [-0.2, 0) is 4.74 Å². The Labute approximate surface area is 123 Å². The Morgan fingerprint density at radius 2 is 2.00 bits per heavy atom. The fourth-order valence-electron chi connectivity index (χ4n) is 2.69. The minimum Gasteiger partial charge on any atom is -0.435 e. The van der Waals surface area contributed by atoms with Crippen LogP contribution in [0.5, 0.6) is 5.75 Å². The third-order valence-electron chi connectivity index (χ3n) is 3.61. The van der Waals surface area contributed by atoms with Crippen LogP contribution in [0.15, 0.2) is 24.3 Å². The lowest BCUT2D eigenvalue weighted by molar-refractivity contribution is -0.0967. The number of nitrogens with zero attached hydrogens (tertiary/aromatic N) is 1. The van der Waals surface area contributed by atoms with Crippen molar-refractivity contribution in [2.45, 2.75) is 32.1 Å². The predicted octanol–water partition coefficient (Wildman–Crippen LogP) is 2.40. The molecule has 2 rings (SSSR count). The summed E-state index contributed by atoms with van der Waals surface area (Å²) in [6.45, 7) is 4.01. The van der Waals surface area contributed by atoms with E-state index in [0.717, 1.165) is 18.7 Å². The summed E-state index contributed by atoms with van der Waals surface area (Å²) >= 11 is 0. The molecule has 1 aliphatic heterocycles. The van der Waals surface area contributed by atoms with Crippen LogP contribution >= 0.6 is 0 Å². The van der Waals surface area contributed by atoms with Crippen molar-refractivity contribution in [3.63, 3.8) is 0 Å². The molecule has 0 bridgehead atoms. The Kier molecular flexibility index (Phi) is 5.13. The molecule has 0 amide bonds. The van der Waals surface area contributed by atoms with Crippen LogP contribution in [0.1, 0.15) is 25.5 Å². The molecule has 1 unspecified atom stereocenters. The molecule has 4 nitrogen and oxygen atoms in total. The van der Waals surface area contributed by atoms with Crippen LogP contribution in [-0.4, -0.2) is 43.4 Å². The van der Waals surface area contributed by atoms with Gasteiger partial charge in [-0.05, 0) is 31.5 Å². The molecule has 21 heavy (non-hydrogen) atoms. The third-order valence-corrected chi connectivity index (χ3v) is 3.61. The maximum atomic E-state index is 12.2. The van der Waals surface area contributed by atoms with Gasteiger partial charge < -0.3 is 15.2 Å². The van der Waals surface area contributed by atoms with Gasteiger partial charge in [-0.25, -0.2) is 0 Å². The highest BCUT2D eigenvalue weighted by Gasteiger charge is 2.31. The topological polar surface area (TPSA) is 47.7 Å². The molecule has 6 heteroatoms. The van der Waals surface area contributed by atoms with E-state index in [-0.39, 0.29) is 17.4 Å². The van der Waals surface area contributed by atoms with Gasteiger partial charge in [0.15, 0.2) is 0 Å². The minimum atomic E-state index is -2.80. The minimum absolute atomic E-state index is 0.0498. The number of benzene rings is 1. The second-order valence-electron chi connectivity index (χ2n) is 5.78. The molecule has 1 fully saturated rings. The fraction of sp³-hybridized carbons (Fsp3) is 0.600. The van der Waals surface area contributed by atoms with Crippen LogP contribution in [0.4, 0.5) is 8.78 Å². The Morgan fingerprint density at radius 1 is 1.33 bits per heavy atom. The van der Waals surface area contributed by atoms with Crippen molar-refractivity contribution in [2.24, 2.45) is 5.73 Å². The summed E-state index contributed by atoms with van der Waals surface area (Å²) in [5.41, 5.74) is 6.70. The Hall–Kier alpha value is -1.24. The molecule has 1 aromatic rings. The van der Waals surface area contributed by atoms with Crippen LogP contribution in [0.25, 0.3) is 0 Å². The standard InChI is InChI=1S/C15H22F2N2O2/c1-15(2)10-19(7-8-20-15)13(9-18)11-3-5-12(6-4-11)21-14(16)17/h3-6,13-14H,7-10,18H2,1-2H3. The number of alkyl halides is 2. The lowest BCUT2D eigenvalue weighted by Crippen LogP contribution is -2.50. The Balaban J connectivity index is 2.10. The fourth-order valence-corrected chi connectivity index (χ4v) is 2.69. The maximum absolute atomic E-state index is 12.2. The molecule has 1 aromatic carbocycles. The molecular formula is C15H22F2N2O2. The van der Waals surface area contributed by atoms with Crippen molar-refractivity contribution in [1.82, 2.24) is 4.90 Å². The summed E-state index contributed by atoms with van der Waals surface area (Å²) in [4.78, 5) is 2.27. The second-order valence-corrected chi connectivity index (χ2v) is 5.78. The summed E-state index contributed by atoms with van der Waals surface area (Å²) in [6, 6.07) is 6.73. The van der Waals surface area contributed by atoms with E-state index in [1.165, 1.54) is 0 Å². The second kappa shape index (κ2) is 6.68.